The highest BCUT2D eigenvalue weighted by Crippen LogP contribution is 2.30. The number of anilines is 2. The van der Waals surface area contributed by atoms with Crippen LogP contribution in [0.15, 0.2) is 42.5 Å². The fourth-order valence-electron chi connectivity index (χ4n) is 2.67. The molecule has 1 aliphatic rings. The fourth-order valence-corrected chi connectivity index (χ4v) is 2.67. The van der Waals surface area contributed by atoms with Crippen LogP contribution in [0.2, 0.25) is 0 Å². The van der Waals surface area contributed by atoms with Gasteiger partial charge in [0.1, 0.15) is 11.6 Å². The summed E-state index contributed by atoms with van der Waals surface area (Å²) in [5, 5.41) is 8.04. The van der Waals surface area contributed by atoms with Crippen LogP contribution in [0.1, 0.15) is 36.0 Å². The van der Waals surface area contributed by atoms with Gasteiger partial charge in [-0.05, 0) is 55.7 Å². The Balaban J connectivity index is 1.37. The van der Waals surface area contributed by atoms with Crippen LogP contribution in [0.25, 0.3) is 0 Å². The molecular weight excluding hydrogens is 380 g/mol. The number of carbonyl (C=O) groups is 3. The van der Waals surface area contributed by atoms with Crippen molar-refractivity contribution in [2.75, 3.05) is 17.2 Å². The molecule has 0 atom stereocenters. The lowest BCUT2D eigenvalue weighted by Gasteiger charge is -2.08. The third-order valence-electron chi connectivity index (χ3n) is 4.43. The van der Waals surface area contributed by atoms with Gasteiger partial charge in [0.2, 0.25) is 11.8 Å². The topological polar surface area (TPSA) is 87.3 Å². The van der Waals surface area contributed by atoms with Crippen LogP contribution in [0.4, 0.5) is 20.2 Å². The Morgan fingerprint density at radius 1 is 0.931 bits per heavy atom. The third-order valence-corrected chi connectivity index (χ3v) is 4.43. The van der Waals surface area contributed by atoms with Crippen molar-refractivity contribution in [2.45, 2.75) is 25.7 Å². The van der Waals surface area contributed by atoms with Gasteiger partial charge >= 0.3 is 0 Å². The number of nitrogens with one attached hydrogen (secondary N) is 3. The van der Waals surface area contributed by atoms with Crippen LogP contribution in [0, 0.1) is 17.6 Å². The maximum Gasteiger partial charge on any atom is 0.254 e. The van der Waals surface area contributed by atoms with Crippen LogP contribution in [0.3, 0.4) is 0 Å². The van der Waals surface area contributed by atoms with Gasteiger partial charge in [0.05, 0.1) is 5.56 Å². The normalized spacial score (nSPS) is 12.9. The van der Waals surface area contributed by atoms with Gasteiger partial charge in [-0.2, -0.15) is 0 Å². The first-order valence-electron chi connectivity index (χ1n) is 9.36. The molecule has 0 unspecified atom stereocenters. The predicted octanol–water partition coefficient (Wildman–Crippen LogP) is 3.46. The second kappa shape index (κ2) is 9.27. The van der Waals surface area contributed by atoms with Crippen LogP contribution >= 0.6 is 0 Å². The summed E-state index contributed by atoms with van der Waals surface area (Å²) in [7, 11) is 0. The second-order valence-corrected chi connectivity index (χ2v) is 6.87. The van der Waals surface area contributed by atoms with E-state index in [4.69, 9.17) is 0 Å². The summed E-state index contributed by atoms with van der Waals surface area (Å²) in [6.45, 7) is 0.176. The Morgan fingerprint density at radius 2 is 1.59 bits per heavy atom. The number of hydrogen-bond donors (Lipinski definition) is 3. The molecule has 3 rings (SSSR count). The predicted molar refractivity (Wildman–Crippen MR) is 104 cm³/mol. The number of amides is 3. The molecule has 3 N–H and O–H groups in total. The molecule has 1 saturated carbocycles. The van der Waals surface area contributed by atoms with E-state index in [1.807, 2.05) is 0 Å². The van der Waals surface area contributed by atoms with E-state index in [0.717, 1.165) is 25.0 Å². The minimum absolute atomic E-state index is 0.0179. The fraction of sp³-hybridized carbons (Fsp3) is 0.286. The van der Waals surface area contributed by atoms with E-state index < -0.39 is 17.5 Å². The highest BCUT2D eigenvalue weighted by atomic mass is 19.1. The van der Waals surface area contributed by atoms with Gasteiger partial charge in [-0.1, -0.05) is 0 Å². The van der Waals surface area contributed by atoms with Gasteiger partial charge in [-0.15, -0.1) is 0 Å². The average molecular weight is 401 g/mol. The number of benzene rings is 2. The molecule has 0 saturated heterocycles. The Bertz CT molecular complexity index is 912. The van der Waals surface area contributed by atoms with E-state index >= 15 is 0 Å². The van der Waals surface area contributed by atoms with Crippen molar-refractivity contribution in [3.8, 4) is 0 Å². The first-order chi connectivity index (χ1) is 13.9. The van der Waals surface area contributed by atoms with Crippen LogP contribution in [0.5, 0.6) is 0 Å². The van der Waals surface area contributed by atoms with Crippen LogP contribution in [-0.2, 0) is 9.59 Å². The SMILES string of the molecule is O=C(CCCNC(=O)c1ccc(F)cc1F)Nc1ccc(NC(=O)C2CC2)cc1. The standard InChI is InChI=1S/C21H21F2N3O3/c22-14-5-10-17(18(23)12-14)21(29)24-11-1-2-19(27)25-15-6-8-16(9-7-15)26-20(28)13-3-4-13/h5-10,12-13H,1-4,11H2,(H,24,29)(H,25,27)(H,26,28). The molecule has 152 valence electrons. The largest absolute Gasteiger partial charge is 0.352 e. The summed E-state index contributed by atoms with van der Waals surface area (Å²) in [5.41, 5.74) is 1.03. The van der Waals surface area contributed by atoms with E-state index in [0.29, 0.717) is 23.9 Å². The highest BCUT2D eigenvalue weighted by molar-refractivity contribution is 5.95. The van der Waals surface area contributed by atoms with Crippen molar-refractivity contribution in [1.82, 2.24) is 5.32 Å². The summed E-state index contributed by atoms with van der Waals surface area (Å²) < 4.78 is 26.4. The quantitative estimate of drug-likeness (QED) is 0.592. The first-order valence-corrected chi connectivity index (χ1v) is 9.36. The summed E-state index contributed by atoms with van der Waals surface area (Å²) in [6.07, 6.45) is 2.38. The molecule has 0 heterocycles. The summed E-state index contributed by atoms with van der Waals surface area (Å²) in [4.78, 5) is 35.6. The molecule has 0 aliphatic heterocycles. The van der Waals surface area contributed by atoms with Crippen molar-refractivity contribution < 1.29 is 23.2 Å². The molecule has 0 spiro atoms. The van der Waals surface area contributed by atoms with E-state index in [-0.39, 0.29) is 36.3 Å². The van der Waals surface area contributed by atoms with E-state index in [9.17, 15) is 23.2 Å². The zero-order valence-corrected chi connectivity index (χ0v) is 15.6. The molecule has 1 aliphatic carbocycles. The van der Waals surface area contributed by atoms with Gasteiger partial charge in [0.15, 0.2) is 0 Å². The molecule has 2 aromatic rings. The number of carbonyl (C=O) groups excluding carboxylic acids is 3. The zero-order valence-electron chi connectivity index (χ0n) is 15.6. The molecular formula is C21H21F2N3O3. The maximum atomic E-state index is 13.5. The first kappa shape index (κ1) is 20.4. The van der Waals surface area contributed by atoms with Gasteiger partial charge in [-0.25, -0.2) is 8.78 Å². The van der Waals surface area contributed by atoms with Gasteiger partial charge in [0, 0.05) is 36.3 Å². The average Bonchev–Trinajstić information content (AvgIpc) is 3.52. The molecule has 8 heteroatoms. The Hall–Kier alpha value is -3.29. The summed E-state index contributed by atoms with van der Waals surface area (Å²) in [6, 6.07) is 9.54. The van der Waals surface area contributed by atoms with E-state index in [2.05, 4.69) is 16.0 Å². The smallest absolute Gasteiger partial charge is 0.254 e. The third kappa shape index (κ3) is 6.10. The summed E-state index contributed by atoms with van der Waals surface area (Å²) >= 11 is 0. The van der Waals surface area contributed by atoms with Gasteiger partial charge in [-0.3, -0.25) is 14.4 Å². The lowest BCUT2D eigenvalue weighted by molar-refractivity contribution is -0.117. The zero-order chi connectivity index (χ0) is 20.8. The van der Waals surface area contributed by atoms with Crippen molar-refractivity contribution >= 4 is 29.1 Å². The maximum absolute atomic E-state index is 13.5. The van der Waals surface area contributed by atoms with Crippen LogP contribution < -0.4 is 16.0 Å². The van der Waals surface area contributed by atoms with E-state index in [1.165, 1.54) is 0 Å². The molecule has 0 bridgehead atoms. The molecule has 1 fully saturated rings. The number of rotatable bonds is 8. The number of halogens is 2. The lowest BCUT2D eigenvalue weighted by atomic mass is 10.2. The van der Waals surface area contributed by atoms with Gasteiger partial charge < -0.3 is 16.0 Å². The van der Waals surface area contributed by atoms with Crippen molar-refractivity contribution in [3.63, 3.8) is 0 Å². The minimum atomic E-state index is -0.933. The van der Waals surface area contributed by atoms with Crippen molar-refractivity contribution in [3.05, 3.63) is 59.7 Å². The van der Waals surface area contributed by atoms with E-state index in [1.54, 1.807) is 24.3 Å². The molecule has 6 nitrogen and oxygen atoms in total. The Morgan fingerprint density at radius 3 is 2.21 bits per heavy atom. The second-order valence-electron chi connectivity index (χ2n) is 6.87. The molecule has 3 amide bonds. The Labute approximate surface area is 166 Å². The molecule has 29 heavy (non-hydrogen) atoms. The van der Waals surface area contributed by atoms with Crippen molar-refractivity contribution in [2.24, 2.45) is 5.92 Å². The van der Waals surface area contributed by atoms with Gasteiger partial charge in [0.25, 0.3) is 5.91 Å². The lowest BCUT2D eigenvalue weighted by Crippen LogP contribution is -2.26. The molecule has 0 radical (unpaired) electrons. The van der Waals surface area contributed by atoms with Crippen molar-refractivity contribution in [1.29, 1.82) is 0 Å². The molecule has 0 aromatic heterocycles. The number of hydrogen-bond acceptors (Lipinski definition) is 3. The monoisotopic (exact) mass is 401 g/mol. The highest BCUT2D eigenvalue weighted by Gasteiger charge is 2.29. The minimum Gasteiger partial charge on any atom is -0.352 e. The van der Waals surface area contributed by atoms with Crippen LogP contribution in [-0.4, -0.2) is 24.3 Å². The summed E-state index contributed by atoms with van der Waals surface area (Å²) in [5.74, 6) is -2.45. The molecule has 2 aromatic carbocycles. The Kier molecular flexibility index (Phi) is 6.54.